The summed E-state index contributed by atoms with van der Waals surface area (Å²) < 4.78 is 39.3. The number of nitrogens with one attached hydrogen (secondary N) is 1. The minimum atomic E-state index is -4.42. The van der Waals surface area contributed by atoms with Gasteiger partial charge in [-0.3, -0.25) is 0 Å². The Bertz CT molecular complexity index is 686. The summed E-state index contributed by atoms with van der Waals surface area (Å²) in [5.74, 6) is 1.53. The number of hydrogen-bond acceptors (Lipinski definition) is 4. The molecular weight excluding hydrogens is 317 g/mol. The molecule has 0 spiro atoms. The van der Waals surface area contributed by atoms with Crippen LogP contribution in [0.4, 0.5) is 30.5 Å². The molecular formula is C17H21F3N4. The van der Waals surface area contributed by atoms with Crippen LogP contribution in [-0.2, 0) is 6.18 Å². The lowest BCUT2D eigenvalue weighted by molar-refractivity contribution is -0.136. The molecule has 0 radical (unpaired) electrons. The number of nitrogens with zero attached hydrogens (tertiary/aromatic N) is 3. The zero-order valence-corrected chi connectivity index (χ0v) is 14.0. The summed E-state index contributed by atoms with van der Waals surface area (Å²) in [6.07, 6.45) is -2.36. The van der Waals surface area contributed by atoms with Crippen molar-refractivity contribution in [2.24, 2.45) is 0 Å². The Morgan fingerprint density at radius 3 is 2.54 bits per heavy atom. The van der Waals surface area contributed by atoms with Crippen LogP contribution in [0.1, 0.15) is 31.2 Å². The molecule has 0 aliphatic heterocycles. The van der Waals surface area contributed by atoms with Crippen molar-refractivity contribution in [3.63, 3.8) is 0 Å². The van der Waals surface area contributed by atoms with E-state index in [9.17, 15) is 13.2 Å². The third-order valence-corrected chi connectivity index (χ3v) is 3.56. The van der Waals surface area contributed by atoms with Gasteiger partial charge in [-0.15, -0.1) is 0 Å². The molecule has 0 aliphatic carbocycles. The first-order valence-corrected chi connectivity index (χ1v) is 7.81. The van der Waals surface area contributed by atoms with Crippen molar-refractivity contribution < 1.29 is 13.2 Å². The summed E-state index contributed by atoms with van der Waals surface area (Å²) in [7, 11) is 1.91. The van der Waals surface area contributed by atoms with E-state index >= 15 is 0 Å². The maximum atomic E-state index is 13.1. The molecule has 2 rings (SSSR count). The third-order valence-electron chi connectivity index (χ3n) is 3.56. The number of aryl methyl sites for hydroxylation is 1. The molecule has 0 amide bonds. The number of para-hydroxylation sites is 1. The maximum absolute atomic E-state index is 13.1. The van der Waals surface area contributed by atoms with Crippen molar-refractivity contribution in [1.82, 2.24) is 9.97 Å². The van der Waals surface area contributed by atoms with Gasteiger partial charge in [0, 0.05) is 19.7 Å². The first-order chi connectivity index (χ1) is 11.3. The molecule has 1 heterocycles. The largest absolute Gasteiger partial charge is 0.418 e. The monoisotopic (exact) mass is 338 g/mol. The first-order valence-electron chi connectivity index (χ1n) is 7.81. The molecule has 1 aromatic carbocycles. The van der Waals surface area contributed by atoms with E-state index in [0.717, 1.165) is 25.5 Å². The summed E-state index contributed by atoms with van der Waals surface area (Å²) in [5.41, 5.74) is -0.743. The molecule has 0 unspecified atom stereocenters. The number of aromatic nitrogens is 2. The van der Waals surface area contributed by atoms with E-state index in [0.29, 0.717) is 17.5 Å². The van der Waals surface area contributed by atoms with Crippen LogP contribution < -0.4 is 10.2 Å². The second kappa shape index (κ2) is 7.51. The highest BCUT2D eigenvalue weighted by atomic mass is 19.4. The lowest BCUT2D eigenvalue weighted by atomic mass is 10.1. The van der Waals surface area contributed by atoms with E-state index in [4.69, 9.17) is 0 Å². The van der Waals surface area contributed by atoms with Gasteiger partial charge in [0.2, 0.25) is 0 Å². The fourth-order valence-corrected chi connectivity index (χ4v) is 2.30. The molecule has 1 aromatic heterocycles. The van der Waals surface area contributed by atoms with Crippen molar-refractivity contribution in [3.8, 4) is 0 Å². The molecule has 2 aromatic rings. The van der Waals surface area contributed by atoms with E-state index in [1.54, 1.807) is 19.1 Å². The molecule has 0 atom stereocenters. The Morgan fingerprint density at radius 1 is 1.17 bits per heavy atom. The molecule has 0 bridgehead atoms. The zero-order chi connectivity index (χ0) is 17.7. The van der Waals surface area contributed by atoms with E-state index < -0.39 is 11.7 Å². The standard InChI is InChI=1S/C17H21F3N4/c1-4-5-10-24(3)16-11-15(21-12(2)22-16)23-14-9-7-6-8-13(14)17(18,19)20/h6-9,11H,4-5,10H2,1-3H3,(H,21,22,23). The van der Waals surface area contributed by atoms with Gasteiger partial charge in [0.1, 0.15) is 17.5 Å². The van der Waals surface area contributed by atoms with Gasteiger partial charge >= 0.3 is 6.18 Å². The Kier molecular flexibility index (Phi) is 5.64. The van der Waals surface area contributed by atoms with Crippen LogP contribution in [0.3, 0.4) is 0 Å². The number of alkyl halides is 3. The molecule has 0 aliphatic rings. The van der Waals surface area contributed by atoms with Gasteiger partial charge in [0.05, 0.1) is 11.3 Å². The number of benzene rings is 1. The van der Waals surface area contributed by atoms with Gasteiger partial charge in [-0.05, 0) is 25.5 Å². The summed E-state index contributed by atoms with van der Waals surface area (Å²) in [6.45, 7) is 4.64. The highest BCUT2D eigenvalue weighted by Gasteiger charge is 2.33. The summed E-state index contributed by atoms with van der Waals surface area (Å²) in [5, 5.41) is 2.77. The number of halogens is 3. The van der Waals surface area contributed by atoms with E-state index in [2.05, 4.69) is 22.2 Å². The molecule has 130 valence electrons. The number of rotatable bonds is 6. The molecule has 24 heavy (non-hydrogen) atoms. The highest BCUT2D eigenvalue weighted by Crippen LogP contribution is 2.35. The Labute approximate surface area is 139 Å². The van der Waals surface area contributed by atoms with Gasteiger partial charge in [-0.1, -0.05) is 25.5 Å². The van der Waals surface area contributed by atoms with E-state index in [1.165, 1.54) is 12.1 Å². The number of hydrogen-bond donors (Lipinski definition) is 1. The SMILES string of the molecule is CCCCN(C)c1cc(Nc2ccccc2C(F)(F)F)nc(C)n1. The lowest BCUT2D eigenvalue weighted by Crippen LogP contribution is -2.20. The third kappa shape index (κ3) is 4.59. The smallest absolute Gasteiger partial charge is 0.360 e. The number of unbranched alkanes of at least 4 members (excludes halogenated alkanes) is 1. The molecule has 0 saturated heterocycles. The van der Waals surface area contributed by atoms with Crippen molar-refractivity contribution >= 4 is 17.3 Å². The molecule has 4 nitrogen and oxygen atoms in total. The van der Waals surface area contributed by atoms with Crippen LogP contribution in [0.5, 0.6) is 0 Å². The average molecular weight is 338 g/mol. The van der Waals surface area contributed by atoms with Crippen LogP contribution in [0.15, 0.2) is 30.3 Å². The van der Waals surface area contributed by atoms with Gasteiger partial charge < -0.3 is 10.2 Å². The van der Waals surface area contributed by atoms with Crippen LogP contribution >= 0.6 is 0 Å². The summed E-state index contributed by atoms with van der Waals surface area (Å²) in [6, 6.07) is 7.02. The fourth-order valence-electron chi connectivity index (χ4n) is 2.30. The van der Waals surface area contributed by atoms with Crippen molar-refractivity contribution in [2.75, 3.05) is 23.8 Å². The van der Waals surface area contributed by atoms with Crippen LogP contribution in [0.25, 0.3) is 0 Å². The second-order valence-electron chi connectivity index (χ2n) is 5.60. The van der Waals surface area contributed by atoms with Crippen LogP contribution in [0.2, 0.25) is 0 Å². The molecule has 0 saturated carbocycles. The topological polar surface area (TPSA) is 41.0 Å². The lowest BCUT2D eigenvalue weighted by Gasteiger charge is -2.19. The van der Waals surface area contributed by atoms with E-state index in [1.807, 2.05) is 11.9 Å². The van der Waals surface area contributed by atoms with Gasteiger partial charge in [0.25, 0.3) is 0 Å². The Balaban J connectivity index is 2.30. The minimum absolute atomic E-state index is 0.0229. The zero-order valence-electron chi connectivity index (χ0n) is 14.0. The van der Waals surface area contributed by atoms with Crippen LogP contribution in [0, 0.1) is 6.92 Å². The highest BCUT2D eigenvalue weighted by molar-refractivity contribution is 5.63. The molecule has 0 fully saturated rings. The molecule has 1 N–H and O–H groups in total. The number of anilines is 3. The van der Waals surface area contributed by atoms with E-state index in [-0.39, 0.29) is 5.69 Å². The quantitative estimate of drug-likeness (QED) is 0.823. The minimum Gasteiger partial charge on any atom is -0.360 e. The summed E-state index contributed by atoms with van der Waals surface area (Å²) in [4.78, 5) is 10.5. The van der Waals surface area contributed by atoms with Gasteiger partial charge in [0.15, 0.2) is 0 Å². The van der Waals surface area contributed by atoms with Crippen molar-refractivity contribution in [2.45, 2.75) is 32.9 Å². The Hall–Kier alpha value is -2.31. The first kappa shape index (κ1) is 18.0. The van der Waals surface area contributed by atoms with Crippen molar-refractivity contribution in [3.05, 3.63) is 41.7 Å². The predicted octanol–water partition coefficient (Wildman–Crippen LogP) is 4.78. The van der Waals surface area contributed by atoms with Gasteiger partial charge in [-0.2, -0.15) is 13.2 Å². The predicted molar refractivity (Wildman–Crippen MR) is 89.7 cm³/mol. The fraction of sp³-hybridized carbons (Fsp3) is 0.412. The van der Waals surface area contributed by atoms with Crippen molar-refractivity contribution in [1.29, 1.82) is 0 Å². The summed E-state index contributed by atoms with van der Waals surface area (Å²) >= 11 is 0. The molecule has 7 heteroatoms. The van der Waals surface area contributed by atoms with Gasteiger partial charge in [-0.25, -0.2) is 9.97 Å². The second-order valence-corrected chi connectivity index (χ2v) is 5.60. The average Bonchev–Trinajstić information content (AvgIpc) is 2.51. The Morgan fingerprint density at radius 2 is 1.88 bits per heavy atom. The normalized spacial score (nSPS) is 11.4. The maximum Gasteiger partial charge on any atom is 0.418 e. The van der Waals surface area contributed by atoms with Crippen LogP contribution in [-0.4, -0.2) is 23.6 Å².